The predicted molar refractivity (Wildman–Crippen MR) is 111 cm³/mol. The van der Waals surface area contributed by atoms with Gasteiger partial charge in [0, 0.05) is 39.8 Å². The molecule has 1 heterocycles. The standard InChI is InChI=1S/C20H34N4O2S/c1-15(2)23(6)27(25,26)19-9-7-18(8-10-19)12-22-20(21-5)24-13-16(3)11-17(4)14-24/h7-10,15-17H,11-14H2,1-6H3,(H,21,22). The molecule has 152 valence electrons. The van der Waals surface area contributed by atoms with Crippen LogP contribution in [0.3, 0.4) is 0 Å². The molecular formula is C20H34N4O2S. The van der Waals surface area contributed by atoms with Gasteiger partial charge in [0.25, 0.3) is 0 Å². The lowest BCUT2D eigenvalue weighted by Gasteiger charge is -2.37. The van der Waals surface area contributed by atoms with Gasteiger partial charge in [-0.05, 0) is 49.8 Å². The molecule has 1 aromatic carbocycles. The topological polar surface area (TPSA) is 65.0 Å². The van der Waals surface area contributed by atoms with Crippen molar-refractivity contribution < 1.29 is 8.42 Å². The molecular weight excluding hydrogens is 360 g/mol. The van der Waals surface area contributed by atoms with E-state index in [9.17, 15) is 8.42 Å². The number of nitrogens with one attached hydrogen (secondary N) is 1. The minimum absolute atomic E-state index is 0.0750. The molecule has 0 bridgehead atoms. The Balaban J connectivity index is 2.02. The fourth-order valence-electron chi connectivity index (χ4n) is 3.57. The highest BCUT2D eigenvalue weighted by Crippen LogP contribution is 2.21. The van der Waals surface area contributed by atoms with Crippen LogP contribution in [0.2, 0.25) is 0 Å². The monoisotopic (exact) mass is 394 g/mol. The van der Waals surface area contributed by atoms with Crippen molar-refractivity contribution >= 4 is 16.0 Å². The van der Waals surface area contributed by atoms with E-state index in [2.05, 4.69) is 29.1 Å². The van der Waals surface area contributed by atoms with E-state index in [1.165, 1.54) is 10.7 Å². The number of rotatable bonds is 5. The lowest BCUT2D eigenvalue weighted by molar-refractivity contribution is 0.208. The van der Waals surface area contributed by atoms with Gasteiger partial charge in [0.2, 0.25) is 10.0 Å². The molecule has 1 saturated heterocycles. The average molecular weight is 395 g/mol. The second-order valence-electron chi connectivity index (χ2n) is 8.01. The van der Waals surface area contributed by atoms with Crippen molar-refractivity contribution in [3.63, 3.8) is 0 Å². The van der Waals surface area contributed by atoms with E-state index in [1.54, 1.807) is 19.2 Å². The lowest BCUT2D eigenvalue weighted by Crippen LogP contribution is -2.48. The minimum atomic E-state index is -3.44. The van der Waals surface area contributed by atoms with Crippen LogP contribution in [0.1, 0.15) is 39.7 Å². The van der Waals surface area contributed by atoms with Crippen molar-refractivity contribution in [2.75, 3.05) is 27.2 Å². The Morgan fingerprint density at radius 2 is 1.78 bits per heavy atom. The van der Waals surface area contributed by atoms with E-state index in [0.717, 1.165) is 24.6 Å². The van der Waals surface area contributed by atoms with Gasteiger partial charge in [-0.25, -0.2) is 8.42 Å². The molecule has 1 aliphatic heterocycles. The number of aliphatic imine (C=N–C) groups is 1. The average Bonchev–Trinajstić information content (AvgIpc) is 2.61. The Morgan fingerprint density at radius 3 is 2.26 bits per heavy atom. The molecule has 2 atom stereocenters. The van der Waals surface area contributed by atoms with Crippen molar-refractivity contribution in [1.82, 2.24) is 14.5 Å². The number of sulfonamides is 1. The Labute approximate surface area is 164 Å². The van der Waals surface area contributed by atoms with E-state index in [0.29, 0.717) is 23.3 Å². The first-order valence-electron chi connectivity index (χ1n) is 9.67. The number of hydrogen-bond acceptors (Lipinski definition) is 3. The molecule has 0 aromatic heterocycles. The molecule has 1 aromatic rings. The Morgan fingerprint density at radius 1 is 1.22 bits per heavy atom. The van der Waals surface area contributed by atoms with Crippen LogP contribution in [0.5, 0.6) is 0 Å². The van der Waals surface area contributed by atoms with Crippen LogP contribution in [0, 0.1) is 11.8 Å². The van der Waals surface area contributed by atoms with Crippen molar-refractivity contribution in [3.8, 4) is 0 Å². The molecule has 2 rings (SSSR count). The van der Waals surface area contributed by atoms with E-state index in [4.69, 9.17) is 0 Å². The maximum absolute atomic E-state index is 12.5. The van der Waals surface area contributed by atoms with Gasteiger partial charge in [0.1, 0.15) is 0 Å². The van der Waals surface area contributed by atoms with E-state index in [1.807, 2.05) is 33.0 Å². The second-order valence-corrected chi connectivity index (χ2v) is 10.0. The summed E-state index contributed by atoms with van der Waals surface area (Å²) in [5.74, 6) is 2.23. The SMILES string of the molecule is CN=C(NCc1ccc(S(=O)(=O)N(C)C(C)C)cc1)N1CC(C)CC(C)C1. The fourth-order valence-corrected chi connectivity index (χ4v) is 4.94. The number of benzene rings is 1. The van der Waals surface area contributed by atoms with Gasteiger partial charge in [0.15, 0.2) is 5.96 Å². The maximum atomic E-state index is 12.5. The smallest absolute Gasteiger partial charge is 0.243 e. The van der Waals surface area contributed by atoms with E-state index >= 15 is 0 Å². The highest BCUT2D eigenvalue weighted by Gasteiger charge is 2.24. The Kier molecular flexibility index (Phi) is 7.28. The molecule has 0 radical (unpaired) electrons. The van der Waals surface area contributed by atoms with Crippen molar-refractivity contribution in [1.29, 1.82) is 0 Å². The predicted octanol–water partition coefficient (Wildman–Crippen LogP) is 2.77. The molecule has 1 N–H and O–H groups in total. The second kappa shape index (κ2) is 9.06. The highest BCUT2D eigenvalue weighted by molar-refractivity contribution is 7.89. The molecule has 1 fully saturated rings. The van der Waals surface area contributed by atoms with Crippen molar-refractivity contribution in [3.05, 3.63) is 29.8 Å². The molecule has 0 amide bonds. The number of nitrogens with zero attached hydrogens (tertiary/aromatic N) is 3. The highest BCUT2D eigenvalue weighted by atomic mass is 32.2. The van der Waals surface area contributed by atoms with Crippen molar-refractivity contribution in [2.24, 2.45) is 16.8 Å². The molecule has 0 spiro atoms. The largest absolute Gasteiger partial charge is 0.352 e. The lowest BCUT2D eigenvalue weighted by atomic mass is 9.92. The fraction of sp³-hybridized carbons (Fsp3) is 0.650. The Bertz CT molecular complexity index is 734. The van der Waals surface area contributed by atoms with Gasteiger partial charge in [-0.2, -0.15) is 4.31 Å². The first kappa shape index (κ1) is 21.7. The van der Waals surface area contributed by atoms with Gasteiger partial charge in [-0.1, -0.05) is 26.0 Å². The number of piperidine rings is 1. The van der Waals surface area contributed by atoms with Gasteiger partial charge in [-0.15, -0.1) is 0 Å². The van der Waals surface area contributed by atoms with Crippen LogP contribution < -0.4 is 5.32 Å². The molecule has 7 heteroatoms. The number of hydrogen-bond donors (Lipinski definition) is 1. The molecule has 1 aliphatic rings. The van der Waals surface area contributed by atoms with Gasteiger partial charge < -0.3 is 10.2 Å². The van der Waals surface area contributed by atoms with Gasteiger partial charge in [0.05, 0.1) is 4.90 Å². The quantitative estimate of drug-likeness (QED) is 0.616. The first-order chi connectivity index (χ1) is 12.6. The van der Waals surface area contributed by atoms with Crippen molar-refractivity contribution in [2.45, 2.75) is 51.6 Å². The summed E-state index contributed by atoms with van der Waals surface area (Å²) in [6.45, 7) is 10.9. The summed E-state index contributed by atoms with van der Waals surface area (Å²) in [5.41, 5.74) is 1.03. The molecule has 2 unspecified atom stereocenters. The first-order valence-corrected chi connectivity index (χ1v) is 11.1. The Hall–Kier alpha value is -1.60. The van der Waals surface area contributed by atoms with E-state index in [-0.39, 0.29) is 6.04 Å². The van der Waals surface area contributed by atoms with Crippen LogP contribution >= 0.6 is 0 Å². The number of guanidine groups is 1. The zero-order valence-corrected chi connectivity index (χ0v) is 18.3. The third kappa shape index (κ3) is 5.45. The van der Waals surface area contributed by atoms with Gasteiger partial charge >= 0.3 is 0 Å². The summed E-state index contributed by atoms with van der Waals surface area (Å²) in [4.78, 5) is 7.06. The van der Waals surface area contributed by atoms with Crippen LogP contribution in [0.25, 0.3) is 0 Å². The summed E-state index contributed by atoms with van der Waals surface area (Å²) < 4.78 is 26.5. The van der Waals surface area contributed by atoms with Crippen LogP contribution in [0.4, 0.5) is 0 Å². The molecule has 0 saturated carbocycles. The third-order valence-electron chi connectivity index (χ3n) is 5.16. The van der Waals surface area contributed by atoms with E-state index < -0.39 is 10.0 Å². The number of likely N-dealkylation sites (tertiary alicyclic amines) is 1. The van der Waals surface area contributed by atoms with Gasteiger partial charge in [-0.3, -0.25) is 4.99 Å². The summed E-state index contributed by atoms with van der Waals surface area (Å²) in [7, 11) is -0.0190. The zero-order chi connectivity index (χ0) is 20.2. The normalized spacial score (nSPS) is 21.8. The summed E-state index contributed by atoms with van der Waals surface area (Å²) in [6.07, 6.45) is 1.26. The minimum Gasteiger partial charge on any atom is -0.352 e. The molecule has 6 nitrogen and oxygen atoms in total. The van der Waals surface area contributed by atoms with Crippen LogP contribution in [-0.4, -0.2) is 56.8 Å². The third-order valence-corrected chi connectivity index (χ3v) is 7.21. The van der Waals surface area contributed by atoms with Crippen LogP contribution in [-0.2, 0) is 16.6 Å². The zero-order valence-electron chi connectivity index (χ0n) is 17.4. The summed E-state index contributed by atoms with van der Waals surface area (Å²) >= 11 is 0. The molecule has 0 aliphatic carbocycles. The maximum Gasteiger partial charge on any atom is 0.243 e. The summed E-state index contributed by atoms with van der Waals surface area (Å²) in [6, 6.07) is 7.01. The summed E-state index contributed by atoms with van der Waals surface area (Å²) in [5, 5.41) is 3.41. The van der Waals surface area contributed by atoms with Crippen LogP contribution in [0.15, 0.2) is 34.2 Å². The molecule has 27 heavy (non-hydrogen) atoms.